The second-order valence-corrected chi connectivity index (χ2v) is 5.90. The molecule has 0 bridgehead atoms. The van der Waals surface area contributed by atoms with Crippen LogP contribution >= 0.6 is 11.6 Å². The van der Waals surface area contributed by atoms with E-state index < -0.39 is 0 Å². The molecule has 3 rings (SSSR count). The molecule has 1 aromatic rings. The van der Waals surface area contributed by atoms with Crippen LogP contribution in [0.4, 0.5) is 0 Å². The van der Waals surface area contributed by atoms with Crippen molar-refractivity contribution in [2.24, 2.45) is 5.92 Å². The summed E-state index contributed by atoms with van der Waals surface area (Å²) in [5.41, 5.74) is 2.85. The number of fused-ring (bicyclic) bond motifs is 1. The molecule has 1 aromatic carbocycles. The molecular formula is C15H20ClNO. The zero-order chi connectivity index (χ0) is 12.5. The molecule has 1 heterocycles. The predicted molar refractivity (Wildman–Crippen MR) is 74.0 cm³/mol. The number of hydrogen-bond acceptors (Lipinski definition) is 2. The van der Waals surface area contributed by atoms with Crippen LogP contribution in [-0.2, 0) is 11.2 Å². The lowest BCUT2D eigenvalue weighted by Gasteiger charge is -2.19. The molecule has 2 aliphatic rings. The van der Waals surface area contributed by atoms with Gasteiger partial charge in [-0.3, -0.25) is 0 Å². The van der Waals surface area contributed by atoms with Crippen molar-refractivity contribution < 1.29 is 4.74 Å². The number of aryl methyl sites for hydroxylation is 1. The fourth-order valence-corrected chi connectivity index (χ4v) is 3.33. The molecule has 3 heteroatoms. The average molecular weight is 266 g/mol. The number of nitrogens with one attached hydrogen (secondary N) is 1. The van der Waals surface area contributed by atoms with Gasteiger partial charge in [0.05, 0.1) is 6.10 Å². The van der Waals surface area contributed by atoms with Crippen LogP contribution in [0.5, 0.6) is 0 Å². The minimum absolute atomic E-state index is 0.406. The van der Waals surface area contributed by atoms with Crippen LogP contribution in [0.3, 0.4) is 0 Å². The Kier molecular flexibility index (Phi) is 3.60. The van der Waals surface area contributed by atoms with Gasteiger partial charge >= 0.3 is 0 Å². The van der Waals surface area contributed by atoms with Gasteiger partial charge in [0.25, 0.3) is 0 Å². The Hall–Kier alpha value is -0.570. The summed E-state index contributed by atoms with van der Waals surface area (Å²) >= 11 is 6.03. The molecular weight excluding hydrogens is 246 g/mol. The van der Waals surface area contributed by atoms with Gasteiger partial charge in [0.1, 0.15) is 0 Å². The summed E-state index contributed by atoms with van der Waals surface area (Å²) in [5.74, 6) is 0.668. The summed E-state index contributed by atoms with van der Waals surface area (Å²) in [6, 6.07) is 6.79. The standard InChI is InChI=1S/C15H20ClNO/c1-10-12(6-7-18-10)9-17-15-5-2-11-8-13(16)3-4-14(11)15/h3-4,8,10,12,15,17H,2,5-7,9H2,1H3. The van der Waals surface area contributed by atoms with E-state index in [0.29, 0.717) is 18.1 Å². The van der Waals surface area contributed by atoms with Crippen molar-refractivity contribution in [2.45, 2.75) is 38.3 Å². The number of ether oxygens (including phenoxy) is 1. The third kappa shape index (κ3) is 2.42. The van der Waals surface area contributed by atoms with Crippen molar-refractivity contribution >= 4 is 11.6 Å². The van der Waals surface area contributed by atoms with Crippen LogP contribution in [0.25, 0.3) is 0 Å². The first-order valence-corrected chi connectivity index (χ1v) is 7.25. The second-order valence-electron chi connectivity index (χ2n) is 5.47. The highest BCUT2D eigenvalue weighted by molar-refractivity contribution is 6.30. The van der Waals surface area contributed by atoms with Crippen molar-refractivity contribution in [3.05, 3.63) is 34.3 Å². The van der Waals surface area contributed by atoms with Gasteiger partial charge < -0.3 is 10.1 Å². The van der Waals surface area contributed by atoms with Crippen molar-refractivity contribution in [3.8, 4) is 0 Å². The van der Waals surface area contributed by atoms with Crippen LogP contribution in [0.15, 0.2) is 18.2 Å². The average Bonchev–Trinajstić information content (AvgIpc) is 2.93. The van der Waals surface area contributed by atoms with E-state index in [2.05, 4.69) is 24.4 Å². The first kappa shape index (κ1) is 12.5. The second kappa shape index (κ2) is 5.20. The quantitative estimate of drug-likeness (QED) is 0.905. The topological polar surface area (TPSA) is 21.3 Å². The summed E-state index contributed by atoms with van der Waals surface area (Å²) < 4.78 is 5.61. The zero-order valence-electron chi connectivity index (χ0n) is 10.8. The van der Waals surface area contributed by atoms with Crippen LogP contribution in [-0.4, -0.2) is 19.3 Å². The largest absolute Gasteiger partial charge is 0.378 e. The Bertz CT molecular complexity index is 435. The molecule has 0 saturated carbocycles. The van der Waals surface area contributed by atoms with Gasteiger partial charge in [-0.25, -0.2) is 0 Å². The van der Waals surface area contributed by atoms with Gasteiger partial charge in [0, 0.05) is 24.2 Å². The van der Waals surface area contributed by atoms with Gasteiger partial charge in [-0.1, -0.05) is 17.7 Å². The Balaban J connectivity index is 1.62. The third-order valence-electron chi connectivity index (χ3n) is 4.34. The molecule has 2 nitrogen and oxygen atoms in total. The first-order chi connectivity index (χ1) is 8.74. The summed E-state index contributed by atoms with van der Waals surface area (Å²) in [5, 5.41) is 4.56. The maximum absolute atomic E-state index is 6.03. The lowest BCUT2D eigenvalue weighted by atomic mass is 10.0. The Labute approximate surface area is 114 Å². The summed E-state index contributed by atoms with van der Waals surface area (Å²) in [7, 11) is 0. The number of benzene rings is 1. The van der Waals surface area contributed by atoms with Crippen molar-refractivity contribution in [3.63, 3.8) is 0 Å². The predicted octanol–water partition coefficient (Wildman–Crippen LogP) is 3.34. The van der Waals surface area contributed by atoms with Crippen molar-refractivity contribution in [2.75, 3.05) is 13.2 Å². The lowest BCUT2D eigenvalue weighted by molar-refractivity contribution is 0.105. The van der Waals surface area contributed by atoms with Gasteiger partial charge in [0.15, 0.2) is 0 Å². The molecule has 0 aromatic heterocycles. The molecule has 1 aliphatic carbocycles. The van der Waals surface area contributed by atoms with Crippen LogP contribution in [0.1, 0.15) is 36.9 Å². The van der Waals surface area contributed by atoms with E-state index in [1.54, 1.807) is 0 Å². The SMILES string of the molecule is CC1OCCC1CNC1CCc2cc(Cl)ccc21. The van der Waals surface area contributed by atoms with E-state index in [1.807, 2.05) is 6.07 Å². The molecule has 3 atom stereocenters. The molecule has 3 unspecified atom stereocenters. The molecule has 0 radical (unpaired) electrons. The van der Waals surface area contributed by atoms with Gasteiger partial charge in [0.2, 0.25) is 0 Å². The fourth-order valence-electron chi connectivity index (χ4n) is 3.14. The monoisotopic (exact) mass is 265 g/mol. The highest BCUT2D eigenvalue weighted by Gasteiger charge is 2.27. The lowest BCUT2D eigenvalue weighted by Crippen LogP contribution is -2.29. The van der Waals surface area contributed by atoms with E-state index in [9.17, 15) is 0 Å². The zero-order valence-corrected chi connectivity index (χ0v) is 11.5. The smallest absolute Gasteiger partial charge is 0.0588 e. The van der Waals surface area contributed by atoms with Crippen molar-refractivity contribution in [1.82, 2.24) is 5.32 Å². The van der Waals surface area contributed by atoms with E-state index in [1.165, 1.54) is 24.0 Å². The fraction of sp³-hybridized carbons (Fsp3) is 0.600. The maximum atomic E-state index is 6.03. The first-order valence-electron chi connectivity index (χ1n) is 6.87. The Morgan fingerprint density at radius 1 is 1.39 bits per heavy atom. The molecule has 98 valence electrons. The van der Waals surface area contributed by atoms with E-state index in [4.69, 9.17) is 16.3 Å². The normalized spacial score (nSPS) is 30.7. The number of hydrogen-bond donors (Lipinski definition) is 1. The van der Waals surface area contributed by atoms with E-state index in [0.717, 1.165) is 24.6 Å². The highest BCUT2D eigenvalue weighted by Crippen LogP contribution is 2.33. The highest BCUT2D eigenvalue weighted by atomic mass is 35.5. The van der Waals surface area contributed by atoms with E-state index >= 15 is 0 Å². The molecule has 0 spiro atoms. The maximum Gasteiger partial charge on any atom is 0.0588 e. The van der Waals surface area contributed by atoms with Crippen molar-refractivity contribution in [1.29, 1.82) is 0 Å². The summed E-state index contributed by atoms with van der Waals surface area (Å²) in [6.07, 6.45) is 3.93. The molecule has 1 aliphatic heterocycles. The minimum atomic E-state index is 0.406. The van der Waals surface area contributed by atoms with Gasteiger partial charge in [-0.2, -0.15) is 0 Å². The number of halogens is 1. The Morgan fingerprint density at radius 3 is 3.06 bits per heavy atom. The molecule has 18 heavy (non-hydrogen) atoms. The van der Waals surface area contributed by atoms with Gasteiger partial charge in [-0.15, -0.1) is 0 Å². The molecule has 0 amide bonds. The molecule has 1 fully saturated rings. The van der Waals surface area contributed by atoms with Crippen LogP contribution < -0.4 is 5.32 Å². The third-order valence-corrected chi connectivity index (χ3v) is 4.58. The van der Waals surface area contributed by atoms with E-state index in [-0.39, 0.29) is 0 Å². The molecule has 1 N–H and O–H groups in total. The summed E-state index contributed by atoms with van der Waals surface area (Å²) in [4.78, 5) is 0. The van der Waals surface area contributed by atoms with Crippen LogP contribution in [0, 0.1) is 5.92 Å². The number of rotatable bonds is 3. The molecule has 1 saturated heterocycles. The van der Waals surface area contributed by atoms with Gasteiger partial charge in [-0.05, 0) is 55.4 Å². The van der Waals surface area contributed by atoms with Crippen LogP contribution in [0.2, 0.25) is 5.02 Å². The minimum Gasteiger partial charge on any atom is -0.378 e. The Morgan fingerprint density at radius 2 is 2.28 bits per heavy atom. The summed E-state index contributed by atoms with van der Waals surface area (Å²) in [6.45, 7) is 4.17.